The Bertz CT molecular complexity index is 955. The molecule has 1 aliphatic heterocycles. The molecule has 27 heavy (non-hydrogen) atoms. The monoisotopic (exact) mass is 359 g/mol. The number of nitrogens with zero attached hydrogens (tertiary/aromatic N) is 1. The third-order valence-corrected chi connectivity index (χ3v) is 5.37. The van der Waals surface area contributed by atoms with E-state index in [2.05, 4.69) is 64.1 Å². The van der Waals surface area contributed by atoms with Crippen molar-refractivity contribution in [2.24, 2.45) is 0 Å². The summed E-state index contributed by atoms with van der Waals surface area (Å²) in [5, 5.41) is 8.75. The second kappa shape index (κ2) is 7.89. The Labute approximate surface area is 160 Å². The number of carbonyl (C=O) groups is 1. The Hall–Kier alpha value is -2.72. The van der Waals surface area contributed by atoms with Crippen LogP contribution in [0, 0.1) is 6.92 Å². The van der Waals surface area contributed by atoms with Crippen LogP contribution in [-0.2, 0) is 17.6 Å². The molecule has 1 fully saturated rings. The first-order valence-electron chi connectivity index (χ1n) is 9.68. The van der Waals surface area contributed by atoms with Crippen LogP contribution >= 0.6 is 0 Å². The van der Waals surface area contributed by atoms with Gasteiger partial charge in [-0.15, -0.1) is 0 Å². The van der Waals surface area contributed by atoms with Gasteiger partial charge >= 0.3 is 0 Å². The summed E-state index contributed by atoms with van der Waals surface area (Å²) in [5.41, 5.74) is 3.56. The Kier molecular flexibility index (Phi) is 5.16. The van der Waals surface area contributed by atoms with Crippen LogP contribution in [0.3, 0.4) is 0 Å². The molecule has 1 saturated heterocycles. The van der Waals surface area contributed by atoms with Crippen molar-refractivity contribution >= 4 is 22.5 Å². The number of aryl methyl sites for hydroxylation is 3. The lowest BCUT2D eigenvalue weighted by atomic mass is 9.98. The first-order valence-corrected chi connectivity index (χ1v) is 9.68. The van der Waals surface area contributed by atoms with Crippen molar-refractivity contribution in [1.82, 2.24) is 10.3 Å². The molecule has 1 amide bonds. The number of nitrogens with one attached hydrogen (secondary N) is 2. The topological polar surface area (TPSA) is 54.0 Å². The second-order valence-corrected chi connectivity index (χ2v) is 7.22. The maximum atomic E-state index is 12.2. The van der Waals surface area contributed by atoms with E-state index >= 15 is 0 Å². The van der Waals surface area contributed by atoms with Gasteiger partial charge in [0, 0.05) is 5.69 Å². The van der Waals surface area contributed by atoms with Crippen molar-refractivity contribution in [2.45, 2.75) is 38.6 Å². The maximum Gasteiger partial charge on any atom is 0.242 e. The average molecular weight is 359 g/mol. The number of aromatic nitrogens is 1. The van der Waals surface area contributed by atoms with Gasteiger partial charge in [-0.25, -0.2) is 4.98 Å². The third kappa shape index (κ3) is 4.01. The zero-order chi connectivity index (χ0) is 18.6. The minimum atomic E-state index is -0.0851. The fourth-order valence-electron chi connectivity index (χ4n) is 3.83. The quantitative estimate of drug-likeness (QED) is 0.723. The van der Waals surface area contributed by atoms with Crippen LogP contribution in [0.2, 0.25) is 0 Å². The molecule has 4 heteroatoms. The zero-order valence-electron chi connectivity index (χ0n) is 15.7. The van der Waals surface area contributed by atoms with E-state index in [1.54, 1.807) is 0 Å². The van der Waals surface area contributed by atoms with E-state index in [1.807, 2.05) is 13.0 Å². The number of rotatable bonds is 5. The largest absolute Gasteiger partial charge is 0.309 e. The van der Waals surface area contributed by atoms with Gasteiger partial charge in [-0.1, -0.05) is 48.5 Å². The second-order valence-electron chi connectivity index (χ2n) is 7.22. The van der Waals surface area contributed by atoms with Crippen LogP contribution in [0.4, 0.5) is 5.82 Å². The van der Waals surface area contributed by atoms with Crippen LogP contribution in [0.1, 0.15) is 29.7 Å². The number of amides is 1. The molecule has 4 nitrogen and oxygen atoms in total. The summed E-state index contributed by atoms with van der Waals surface area (Å²) in [5.74, 6) is 0.656. The number of carbonyl (C=O) groups excluding carboxylic acids is 1. The van der Waals surface area contributed by atoms with Gasteiger partial charge in [0.15, 0.2) is 0 Å². The van der Waals surface area contributed by atoms with Crippen molar-refractivity contribution in [1.29, 1.82) is 0 Å². The van der Waals surface area contributed by atoms with Crippen molar-refractivity contribution in [3.63, 3.8) is 0 Å². The SMILES string of the molecule is Cc1nc(NC(=O)C2CCCN2)ccc1CCc1cccc2ccccc12. The van der Waals surface area contributed by atoms with Crippen LogP contribution in [0.15, 0.2) is 54.6 Å². The predicted molar refractivity (Wildman–Crippen MR) is 110 cm³/mol. The summed E-state index contributed by atoms with van der Waals surface area (Å²) in [6, 6.07) is 18.9. The van der Waals surface area contributed by atoms with E-state index in [4.69, 9.17) is 0 Å². The smallest absolute Gasteiger partial charge is 0.242 e. The Morgan fingerprint density at radius 1 is 1.07 bits per heavy atom. The Balaban J connectivity index is 1.44. The molecule has 2 N–H and O–H groups in total. The van der Waals surface area contributed by atoms with Crippen molar-refractivity contribution in [3.8, 4) is 0 Å². The molecule has 2 aromatic carbocycles. The molecule has 1 atom stereocenters. The van der Waals surface area contributed by atoms with Gasteiger partial charge in [0.1, 0.15) is 5.82 Å². The summed E-state index contributed by atoms with van der Waals surface area (Å²) in [6.07, 6.45) is 3.86. The third-order valence-electron chi connectivity index (χ3n) is 5.37. The van der Waals surface area contributed by atoms with Crippen LogP contribution in [-0.4, -0.2) is 23.5 Å². The van der Waals surface area contributed by atoms with Gasteiger partial charge in [0.25, 0.3) is 0 Å². The molecular formula is C23H25N3O. The van der Waals surface area contributed by atoms with Gasteiger partial charge in [-0.05, 0) is 67.1 Å². The maximum absolute atomic E-state index is 12.2. The summed E-state index contributed by atoms with van der Waals surface area (Å²) in [7, 11) is 0. The molecule has 1 aliphatic rings. The lowest BCUT2D eigenvalue weighted by Gasteiger charge is -2.13. The van der Waals surface area contributed by atoms with Crippen molar-refractivity contribution in [3.05, 3.63) is 71.4 Å². The zero-order valence-corrected chi connectivity index (χ0v) is 15.7. The minimum absolute atomic E-state index is 0.0166. The van der Waals surface area contributed by atoms with Gasteiger partial charge in [-0.2, -0.15) is 0 Å². The molecule has 0 aliphatic carbocycles. The normalized spacial score (nSPS) is 16.6. The number of pyridine rings is 1. The molecule has 0 saturated carbocycles. The fourth-order valence-corrected chi connectivity index (χ4v) is 3.83. The highest BCUT2D eigenvalue weighted by Crippen LogP contribution is 2.21. The van der Waals surface area contributed by atoms with E-state index in [1.165, 1.54) is 21.9 Å². The standard InChI is InChI=1S/C23H25N3O/c1-16-17(11-12-19-8-4-7-18-6-2-3-9-20(18)19)13-14-22(25-16)26-23(27)21-10-5-15-24-21/h2-4,6-9,13-14,21,24H,5,10-12,15H2,1H3,(H,25,26,27). The molecule has 0 spiro atoms. The fraction of sp³-hybridized carbons (Fsp3) is 0.304. The minimum Gasteiger partial charge on any atom is -0.309 e. The van der Waals surface area contributed by atoms with Gasteiger partial charge in [0.2, 0.25) is 5.91 Å². The molecule has 0 radical (unpaired) electrons. The number of anilines is 1. The molecule has 2 heterocycles. The van der Waals surface area contributed by atoms with Crippen LogP contribution in [0.25, 0.3) is 10.8 Å². The van der Waals surface area contributed by atoms with Gasteiger partial charge in [-0.3, -0.25) is 4.79 Å². The molecular weight excluding hydrogens is 334 g/mol. The van der Waals surface area contributed by atoms with Crippen LogP contribution in [0.5, 0.6) is 0 Å². The number of hydrogen-bond donors (Lipinski definition) is 2. The molecule has 4 rings (SSSR count). The number of fused-ring (bicyclic) bond motifs is 1. The molecule has 3 aromatic rings. The summed E-state index contributed by atoms with van der Waals surface area (Å²) in [6.45, 7) is 2.93. The summed E-state index contributed by atoms with van der Waals surface area (Å²) < 4.78 is 0. The van der Waals surface area contributed by atoms with E-state index in [-0.39, 0.29) is 11.9 Å². The summed E-state index contributed by atoms with van der Waals surface area (Å²) in [4.78, 5) is 16.8. The number of benzene rings is 2. The molecule has 1 aromatic heterocycles. The van der Waals surface area contributed by atoms with Crippen LogP contribution < -0.4 is 10.6 Å². The summed E-state index contributed by atoms with van der Waals surface area (Å²) >= 11 is 0. The average Bonchev–Trinajstić information content (AvgIpc) is 3.22. The van der Waals surface area contributed by atoms with E-state index in [9.17, 15) is 4.79 Å². The van der Waals surface area contributed by atoms with Gasteiger partial charge < -0.3 is 10.6 Å². The highest BCUT2D eigenvalue weighted by molar-refractivity contribution is 5.94. The highest BCUT2D eigenvalue weighted by atomic mass is 16.2. The Morgan fingerprint density at radius 2 is 1.89 bits per heavy atom. The number of hydrogen-bond acceptors (Lipinski definition) is 3. The Morgan fingerprint density at radius 3 is 2.70 bits per heavy atom. The van der Waals surface area contributed by atoms with E-state index in [0.717, 1.165) is 37.9 Å². The molecule has 138 valence electrons. The predicted octanol–water partition coefficient (Wildman–Crippen LogP) is 4.02. The molecule has 0 bridgehead atoms. The van der Waals surface area contributed by atoms with Crippen molar-refractivity contribution in [2.75, 3.05) is 11.9 Å². The first-order chi connectivity index (χ1) is 13.2. The lowest BCUT2D eigenvalue weighted by Crippen LogP contribution is -2.35. The van der Waals surface area contributed by atoms with Gasteiger partial charge in [0.05, 0.1) is 6.04 Å². The first kappa shape index (κ1) is 17.7. The molecule has 1 unspecified atom stereocenters. The highest BCUT2D eigenvalue weighted by Gasteiger charge is 2.22. The van der Waals surface area contributed by atoms with E-state index in [0.29, 0.717) is 5.82 Å². The van der Waals surface area contributed by atoms with E-state index < -0.39 is 0 Å². The van der Waals surface area contributed by atoms with Crippen molar-refractivity contribution < 1.29 is 4.79 Å². The lowest BCUT2D eigenvalue weighted by molar-refractivity contribution is -0.117.